The van der Waals surface area contributed by atoms with Crippen molar-refractivity contribution in [3.05, 3.63) is 275 Å². The Labute approximate surface area is 464 Å². The smallest absolute Gasteiger partial charge is 0.503 e. The summed E-state index contributed by atoms with van der Waals surface area (Å²) in [5, 5.41) is 0. The van der Waals surface area contributed by atoms with E-state index in [1.54, 1.807) is 0 Å². The van der Waals surface area contributed by atoms with Crippen LogP contribution in [0.4, 0.5) is 34.1 Å². The molecule has 0 fully saturated rings. The van der Waals surface area contributed by atoms with Gasteiger partial charge in [0.05, 0.1) is 22.5 Å². The molecule has 1 aliphatic rings. The van der Waals surface area contributed by atoms with Crippen LogP contribution in [0.25, 0.3) is 22.4 Å². The van der Waals surface area contributed by atoms with Crippen LogP contribution in [0.3, 0.4) is 0 Å². The van der Waals surface area contributed by atoms with Crippen molar-refractivity contribution in [2.75, 3.05) is 9.80 Å². The number of aromatic nitrogens is 2. The van der Waals surface area contributed by atoms with Crippen LogP contribution in [0.15, 0.2) is 213 Å². The fourth-order valence-electron chi connectivity index (χ4n) is 11.1. The molecule has 3 heterocycles. The van der Waals surface area contributed by atoms with E-state index in [4.69, 9.17) is 14.7 Å². The summed E-state index contributed by atoms with van der Waals surface area (Å²) < 4.78 is 7.10. The monoisotopic (exact) mass is 1170 g/mol. The zero-order valence-corrected chi connectivity index (χ0v) is 47.0. The number of para-hydroxylation sites is 3. The van der Waals surface area contributed by atoms with E-state index in [0.717, 1.165) is 78.9 Å². The van der Waals surface area contributed by atoms with Crippen molar-refractivity contribution >= 4 is 34.1 Å². The minimum atomic E-state index is -0.859. The number of fused-ring (bicyclic) bond motifs is 2. The number of rotatable bonds is 10. The van der Waals surface area contributed by atoms with Crippen LogP contribution in [-0.4, -0.2) is 9.97 Å². The van der Waals surface area contributed by atoms with Gasteiger partial charge < -0.3 is 19.5 Å². The van der Waals surface area contributed by atoms with Crippen LogP contribution >= 0.6 is 0 Å². The van der Waals surface area contributed by atoms with Crippen LogP contribution in [0.2, 0.25) is 0 Å². The SMILES string of the molecule is Cc1cc(C)c(-c2cc(Oc3[c-]c(C4(c5ccccn5)c5ccccc5N(c5ccccc5)c5ccccc54)ccc3)[c-]c(-c3cc(N(c4ccc(C(C)(C)C)cc4)c4ccc(C(C)(C)C)cc4)ccn3)c2)c(C)c1.[Pt+2]. The third-order valence-corrected chi connectivity index (χ3v) is 14.6. The number of anilines is 6. The number of pyridine rings is 2. The predicted octanol–water partition coefficient (Wildman–Crippen LogP) is 18.4. The molecule has 76 heavy (non-hydrogen) atoms. The Kier molecular flexibility index (Phi) is 14.1. The average Bonchev–Trinajstić information content (AvgIpc) is 3.41. The van der Waals surface area contributed by atoms with Gasteiger partial charge in [-0.3, -0.25) is 4.98 Å². The molecular weight excluding hydrogens is 1110 g/mol. The van der Waals surface area contributed by atoms with Gasteiger partial charge >= 0.3 is 21.1 Å². The van der Waals surface area contributed by atoms with Crippen molar-refractivity contribution in [1.82, 2.24) is 9.97 Å². The van der Waals surface area contributed by atoms with E-state index in [2.05, 4.69) is 272 Å². The standard InChI is InChI=1S/C70H62N4O.Pt/c1-47-40-48(2)67(49(3)41-47)51-42-50(63-46-58(37-39-71-63)73(56-33-29-52(30-34-56)68(4,5)6)57-35-31-53(32-36-57)69(7,8)9)43-60(44-51)75-59-23-19-20-54(45-59)70(66-28-17-18-38-72-66)61-24-13-15-26-64(61)74(55-21-11-10-12-22-55)65-27-16-14-25-62(65)70;/h10-42,44,46H,1-9H3;/q-2;+2. The van der Waals surface area contributed by atoms with E-state index in [-0.39, 0.29) is 31.9 Å². The largest absolute Gasteiger partial charge is 2.00 e. The fraction of sp³-hybridized carbons (Fsp3) is 0.171. The van der Waals surface area contributed by atoms with E-state index < -0.39 is 5.41 Å². The first kappa shape index (κ1) is 51.6. The Bertz CT molecular complexity index is 3560. The second-order valence-electron chi connectivity index (χ2n) is 22.0. The summed E-state index contributed by atoms with van der Waals surface area (Å²) >= 11 is 0. The van der Waals surface area contributed by atoms with Crippen molar-refractivity contribution < 1.29 is 25.8 Å². The summed E-state index contributed by atoms with van der Waals surface area (Å²) in [6.07, 6.45) is 3.79. The van der Waals surface area contributed by atoms with Gasteiger partial charge in [-0.05, 0) is 143 Å². The molecule has 8 aromatic carbocycles. The number of aryl methyl sites for hydroxylation is 3. The molecule has 11 rings (SSSR count). The van der Waals surface area contributed by atoms with Crippen molar-refractivity contribution in [1.29, 1.82) is 0 Å². The van der Waals surface area contributed by atoms with E-state index in [1.165, 1.54) is 27.8 Å². The quantitative estimate of drug-likeness (QED) is 0.128. The molecule has 0 atom stereocenters. The normalized spacial score (nSPS) is 12.8. The van der Waals surface area contributed by atoms with Crippen LogP contribution in [0.5, 0.6) is 11.5 Å². The van der Waals surface area contributed by atoms with Gasteiger partial charge in [-0.1, -0.05) is 168 Å². The second kappa shape index (κ2) is 20.7. The van der Waals surface area contributed by atoms with Gasteiger partial charge in [0, 0.05) is 46.6 Å². The van der Waals surface area contributed by atoms with Gasteiger partial charge in [0.15, 0.2) is 0 Å². The predicted molar refractivity (Wildman–Crippen MR) is 310 cm³/mol. The van der Waals surface area contributed by atoms with Gasteiger partial charge in [0.1, 0.15) is 0 Å². The van der Waals surface area contributed by atoms with Crippen molar-refractivity contribution in [2.45, 2.75) is 78.6 Å². The summed E-state index contributed by atoms with van der Waals surface area (Å²) in [7, 11) is 0. The molecule has 10 aromatic rings. The van der Waals surface area contributed by atoms with Crippen LogP contribution in [0, 0.1) is 32.9 Å². The Morgan fingerprint density at radius 1 is 0.500 bits per heavy atom. The van der Waals surface area contributed by atoms with Gasteiger partial charge in [0.25, 0.3) is 0 Å². The zero-order chi connectivity index (χ0) is 52.1. The number of hydrogen-bond acceptors (Lipinski definition) is 5. The first-order chi connectivity index (χ1) is 36.2. The molecule has 1 aliphatic heterocycles. The number of nitrogens with zero attached hydrogens (tertiary/aromatic N) is 4. The summed E-state index contributed by atoms with van der Waals surface area (Å²) in [5.74, 6) is 1.12. The summed E-state index contributed by atoms with van der Waals surface area (Å²) in [6.45, 7) is 20.1. The molecule has 0 saturated heterocycles. The summed E-state index contributed by atoms with van der Waals surface area (Å²) in [6, 6.07) is 78.9. The molecule has 0 N–H and O–H groups in total. The van der Waals surface area contributed by atoms with Crippen LogP contribution in [-0.2, 0) is 37.3 Å². The first-order valence-corrected chi connectivity index (χ1v) is 26.0. The third-order valence-electron chi connectivity index (χ3n) is 14.6. The van der Waals surface area contributed by atoms with Crippen molar-refractivity contribution in [2.24, 2.45) is 0 Å². The molecule has 378 valence electrons. The van der Waals surface area contributed by atoms with Crippen LogP contribution in [0.1, 0.15) is 91.7 Å². The van der Waals surface area contributed by atoms with Crippen LogP contribution < -0.4 is 14.5 Å². The first-order valence-electron chi connectivity index (χ1n) is 26.0. The van der Waals surface area contributed by atoms with Gasteiger partial charge in [-0.25, -0.2) is 0 Å². The number of hydrogen-bond donors (Lipinski definition) is 0. The van der Waals surface area contributed by atoms with Gasteiger partial charge in [0.2, 0.25) is 0 Å². The molecule has 0 spiro atoms. The third kappa shape index (κ3) is 9.70. The average molecular weight is 1170 g/mol. The topological polar surface area (TPSA) is 41.5 Å². The molecule has 2 aromatic heterocycles. The summed E-state index contributed by atoms with van der Waals surface area (Å²) in [4.78, 5) is 14.9. The molecule has 6 heteroatoms. The molecule has 0 bridgehead atoms. The minimum Gasteiger partial charge on any atom is -0.503 e. The van der Waals surface area contributed by atoms with Gasteiger partial charge in [-0.15, -0.1) is 29.3 Å². The Balaban J connectivity index is 0.00000657. The summed E-state index contributed by atoms with van der Waals surface area (Å²) in [5.41, 5.74) is 19.4. The maximum absolute atomic E-state index is 7.10. The Morgan fingerprint density at radius 2 is 1.08 bits per heavy atom. The van der Waals surface area contributed by atoms with E-state index in [9.17, 15) is 0 Å². The second-order valence-corrected chi connectivity index (χ2v) is 22.0. The zero-order valence-electron chi connectivity index (χ0n) is 44.7. The number of ether oxygens (including phenoxy) is 1. The molecule has 5 nitrogen and oxygen atoms in total. The molecule has 0 radical (unpaired) electrons. The van der Waals surface area contributed by atoms with E-state index >= 15 is 0 Å². The molecular formula is C70H62N4OPt. The molecule has 0 amide bonds. The van der Waals surface area contributed by atoms with Gasteiger partial charge in [-0.2, -0.15) is 12.1 Å². The van der Waals surface area contributed by atoms with E-state index in [0.29, 0.717) is 11.5 Å². The number of benzene rings is 8. The molecule has 0 aliphatic carbocycles. The maximum atomic E-state index is 7.10. The van der Waals surface area contributed by atoms with E-state index in [1.807, 2.05) is 24.5 Å². The Hall–Kier alpha value is -7.85. The van der Waals surface area contributed by atoms with Crippen molar-refractivity contribution in [3.63, 3.8) is 0 Å². The molecule has 0 saturated carbocycles. The minimum absolute atomic E-state index is 0. The molecule has 0 unspecified atom stereocenters. The Morgan fingerprint density at radius 3 is 1.66 bits per heavy atom. The van der Waals surface area contributed by atoms with Crippen molar-refractivity contribution in [3.8, 4) is 33.9 Å². The maximum Gasteiger partial charge on any atom is 2.00 e. The fourth-order valence-corrected chi connectivity index (χ4v) is 11.1.